The first-order valence-corrected chi connectivity index (χ1v) is 6.81. The Hall–Kier alpha value is -2.70. The number of likely N-dealkylation sites (N-methyl/N-ethyl adjacent to an activating group) is 1. The minimum atomic E-state index is -0.675. The number of ether oxygens (including phenoxy) is 1. The van der Waals surface area contributed by atoms with Gasteiger partial charge in [0.2, 0.25) is 5.91 Å². The van der Waals surface area contributed by atoms with Gasteiger partial charge in [-0.05, 0) is 19.1 Å². The average molecular weight is 302 g/mol. The van der Waals surface area contributed by atoms with Crippen LogP contribution in [0.5, 0.6) is 0 Å². The number of carbonyl (C=O) groups is 2. The van der Waals surface area contributed by atoms with Crippen LogP contribution in [-0.2, 0) is 16.1 Å². The summed E-state index contributed by atoms with van der Waals surface area (Å²) < 4.78 is 4.47. The topological polar surface area (TPSA) is 84.4 Å². The van der Waals surface area contributed by atoms with Crippen LogP contribution in [0.15, 0.2) is 30.5 Å². The molecule has 7 nitrogen and oxygen atoms in total. The number of hydrogen-bond donors (Lipinski definition) is 1. The first-order valence-electron chi connectivity index (χ1n) is 6.81. The number of rotatable bonds is 4. The monoisotopic (exact) mass is 302 g/mol. The lowest BCUT2D eigenvalue weighted by atomic mass is 10.2. The molecule has 116 valence electrons. The molecule has 1 atom stereocenters. The first kappa shape index (κ1) is 15.7. The Bertz CT molecular complexity index is 689. The van der Waals surface area contributed by atoms with Crippen LogP contribution in [0, 0.1) is 0 Å². The summed E-state index contributed by atoms with van der Waals surface area (Å²) >= 11 is 0. The fourth-order valence-electron chi connectivity index (χ4n) is 2.02. The highest BCUT2D eigenvalue weighted by Crippen LogP contribution is 2.10. The predicted molar refractivity (Wildman–Crippen MR) is 81.0 cm³/mol. The maximum atomic E-state index is 12.2. The predicted octanol–water partition coefficient (Wildman–Crippen LogP) is 1.33. The summed E-state index contributed by atoms with van der Waals surface area (Å²) in [4.78, 5) is 33.6. The quantitative estimate of drug-likeness (QED) is 0.921. The van der Waals surface area contributed by atoms with Crippen LogP contribution < -0.4 is 5.32 Å². The average Bonchev–Trinajstić information content (AvgIpc) is 2.53. The van der Waals surface area contributed by atoms with Gasteiger partial charge in [0.15, 0.2) is 0 Å². The molecule has 0 fully saturated rings. The number of alkyl carbamates (subject to hydrolysis) is 1. The molecule has 2 rings (SSSR count). The molecule has 0 spiro atoms. The van der Waals surface area contributed by atoms with Crippen molar-refractivity contribution >= 4 is 23.0 Å². The van der Waals surface area contributed by atoms with Crippen LogP contribution in [0.1, 0.15) is 12.6 Å². The van der Waals surface area contributed by atoms with E-state index in [2.05, 4.69) is 20.0 Å². The number of hydrogen-bond acceptors (Lipinski definition) is 5. The lowest BCUT2D eigenvalue weighted by molar-refractivity contribution is -0.132. The van der Waals surface area contributed by atoms with Gasteiger partial charge >= 0.3 is 6.09 Å². The molecule has 22 heavy (non-hydrogen) atoms. The van der Waals surface area contributed by atoms with Gasteiger partial charge in [-0.2, -0.15) is 0 Å². The Kier molecular flexibility index (Phi) is 4.88. The van der Waals surface area contributed by atoms with E-state index in [4.69, 9.17) is 0 Å². The SMILES string of the molecule is COC(=O)N[C@@H](C)C(=O)N(C)Cc1cnc2ccccc2n1. The third kappa shape index (κ3) is 3.69. The van der Waals surface area contributed by atoms with E-state index in [-0.39, 0.29) is 5.91 Å². The molecular weight excluding hydrogens is 284 g/mol. The fraction of sp³-hybridized carbons (Fsp3) is 0.333. The van der Waals surface area contributed by atoms with Gasteiger partial charge in [-0.1, -0.05) is 12.1 Å². The molecule has 0 saturated carbocycles. The van der Waals surface area contributed by atoms with E-state index in [0.717, 1.165) is 11.0 Å². The molecule has 0 saturated heterocycles. The van der Waals surface area contributed by atoms with E-state index in [9.17, 15) is 9.59 Å². The number of para-hydroxylation sites is 2. The highest BCUT2D eigenvalue weighted by Gasteiger charge is 2.20. The van der Waals surface area contributed by atoms with Crippen LogP contribution in [0.4, 0.5) is 4.79 Å². The van der Waals surface area contributed by atoms with E-state index in [1.165, 1.54) is 12.0 Å². The number of carbonyl (C=O) groups excluding carboxylic acids is 2. The second kappa shape index (κ2) is 6.84. The molecule has 1 heterocycles. The van der Waals surface area contributed by atoms with Crippen LogP contribution in [0.25, 0.3) is 11.0 Å². The number of benzene rings is 1. The summed E-state index contributed by atoms with van der Waals surface area (Å²) in [6.45, 7) is 1.91. The van der Waals surface area contributed by atoms with Crippen LogP contribution >= 0.6 is 0 Å². The number of methoxy groups -OCH3 is 1. The van der Waals surface area contributed by atoms with Crippen molar-refractivity contribution < 1.29 is 14.3 Å². The van der Waals surface area contributed by atoms with Crippen molar-refractivity contribution in [1.29, 1.82) is 0 Å². The van der Waals surface area contributed by atoms with E-state index in [1.807, 2.05) is 24.3 Å². The van der Waals surface area contributed by atoms with E-state index < -0.39 is 12.1 Å². The minimum Gasteiger partial charge on any atom is -0.453 e. The lowest BCUT2D eigenvalue weighted by Crippen LogP contribution is -2.45. The van der Waals surface area contributed by atoms with Gasteiger partial charge in [-0.3, -0.25) is 9.78 Å². The van der Waals surface area contributed by atoms with Gasteiger partial charge in [-0.25, -0.2) is 9.78 Å². The zero-order chi connectivity index (χ0) is 16.1. The fourth-order valence-corrected chi connectivity index (χ4v) is 2.02. The van der Waals surface area contributed by atoms with Gasteiger partial charge in [-0.15, -0.1) is 0 Å². The van der Waals surface area contributed by atoms with Crippen LogP contribution in [-0.4, -0.2) is 47.1 Å². The zero-order valence-electron chi connectivity index (χ0n) is 12.7. The standard InChI is InChI=1S/C15H18N4O3/c1-10(17-15(21)22-3)14(20)19(2)9-11-8-16-12-6-4-5-7-13(12)18-11/h4-8,10H,9H2,1-3H3,(H,17,21)/t10-/m0/s1. The Morgan fingerprint density at radius 3 is 2.68 bits per heavy atom. The maximum absolute atomic E-state index is 12.2. The summed E-state index contributed by atoms with van der Waals surface area (Å²) in [5, 5.41) is 2.44. The highest BCUT2D eigenvalue weighted by atomic mass is 16.5. The Balaban J connectivity index is 2.04. The molecule has 7 heteroatoms. The third-order valence-electron chi connectivity index (χ3n) is 3.16. The van der Waals surface area contributed by atoms with Crippen molar-refractivity contribution in [3.8, 4) is 0 Å². The van der Waals surface area contributed by atoms with E-state index in [0.29, 0.717) is 12.2 Å². The maximum Gasteiger partial charge on any atom is 0.407 e. The second-order valence-corrected chi connectivity index (χ2v) is 4.90. The molecule has 0 aliphatic carbocycles. The number of aromatic nitrogens is 2. The lowest BCUT2D eigenvalue weighted by Gasteiger charge is -2.21. The summed E-state index contributed by atoms with van der Waals surface area (Å²) in [6.07, 6.45) is 1.00. The Morgan fingerprint density at radius 1 is 1.32 bits per heavy atom. The van der Waals surface area contributed by atoms with Crippen molar-refractivity contribution in [2.75, 3.05) is 14.2 Å². The molecule has 2 amide bonds. The highest BCUT2D eigenvalue weighted by molar-refractivity contribution is 5.85. The minimum absolute atomic E-state index is 0.236. The molecule has 0 aliphatic heterocycles. The van der Waals surface area contributed by atoms with Gasteiger partial charge in [0.05, 0.1) is 36.6 Å². The van der Waals surface area contributed by atoms with E-state index in [1.54, 1.807) is 20.2 Å². The molecule has 0 unspecified atom stereocenters. The van der Waals surface area contributed by atoms with Gasteiger partial charge in [0.25, 0.3) is 0 Å². The van der Waals surface area contributed by atoms with E-state index >= 15 is 0 Å². The Labute approximate surface area is 128 Å². The van der Waals surface area contributed by atoms with Crippen LogP contribution in [0.2, 0.25) is 0 Å². The molecule has 2 aromatic rings. The summed E-state index contributed by atoms with van der Waals surface area (Å²) in [6, 6.07) is 6.86. The first-order chi connectivity index (χ1) is 10.5. The van der Waals surface area contributed by atoms with Crippen molar-refractivity contribution in [1.82, 2.24) is 20.2 Å². The molecule has 0 radical (unpaired) electrons. The number of amides is 2. The zero-order valence-corrected chi connectivity index (χ0v) is 12.7. The molecular formula is C15H18N4O3. The van der Waals surface area contributed by atoms with Gasteiger partial charge in [0.1, 0.15) is 6.04 Å². The molecule has 1 aromatic carbocycles. The molecule has 1 N–H and O–H groups in total. The Morgan fingerprint density at radius 2 is 2.00 bits per heavy atom. The van der Waals surface area contributed by atoms with Crippen molar-refractivity contribution in [3.05, 3.63) is 36.2 Å². The summed E-state index contributed by atoms with van der Waals surface area (Å²) in [5.41, 5.74) is 2.27. The second-order valence-electron chi connectivity index (χ2n) is 4.90. The largest absolute Gasteiger partial charge is 0.453 e. The van der Waals surface area contributed by atoms with Gasteiger partial charge < -0.3 is 15.0 Å². The smallest absolute Gasteiger partial charge is 0.407 e. The van der Waals surface area contributed by atoms with Crippen molar-refractivity contribution in [3.63, 3.8) is 0 Å². The number of nitrogens with one attached hydrogen (secondary N) is 1. The summed E-state index contributed by atoms with van der Waals surface area (Å²) in [7, 11) is 2.90. The molecule has 0 aliphatic rings. The molecule has 1 aromatic heterocycles. The van der Waals surface area contributed by atoms with Crippen molar-refractivity contribution in [2.45, 2.75) is 19.5 Å². The van der Waals surface area contributed by atoms with Gasteiger partial charge in [0, 0.05) is 7.05 Å². The number of nitrogens with zero attached hydrogens (tertiary/aromatic N) is 3. The normalized spacial score (nSPS) is 11.8. The number of fused-ring (bicyclic) bond motifs is 1. The summed E-state index contributed by atoms with van der Waals surface area (Å²) in [5.74, 6) is -0.236. The van der Waals surface area contributed by atoms with Crippen LogP contribution in [0.3, 0.4) is 0 Å². The molecule has 0 bridgehead atoms. The third-order valence-corrected chi connectivity index (χ3v) is 3.16. The van der Waals surface area contributed by atoms with Crippen molar-refractivity contribution in [2.24, 2.45) is 0 Å².